The van der Waals surface area contributed by atoms with Crippen molar-refractivity contribution in [2.45, 2.75) is 20.4 Å². The van der Waals surface area contributed by atoms with E-state index < -0.39 is 0 Å². The summed E-state index contributed by atoms with van der Waals surface area (Å²) in [7, 11) is 0. The van der Waals surface area contributed by atoms with Crippen LogP contribution in [0.3, 0.4) is 0 Å². The molecule has 0 aliphatic heterocycles. The Kier molecular flexibility index (Phi) is 6.09. The highest BCUT2D eigenvalue weighted by molar-refractivity contribution is 7.17. The zero-order chi connectivity index (χ0) is 12.3. The molecule has 0 saturated carbocycles. The number of rotatable bonds is 5. The molecule has 1 N–H and O–H groups in total. The molecule has 2 nitrogen and oxygen atoms in total. The second kappa shape index (κ2) is 7.10. The Hall–Kier alpha value is -0.610. The van der Waals surface area contributed by atoms with Crippen LogP contribution in [0.4, 0.5) is 0 Å². The highest BCUT2D eigenvalue weighted by Gasteiger charge is 2.08. The van der Waals surface area contributed by atoms with Crippen LogP contribution in [-0.4, -0.2) is 29.7 Å². The highest BCUT2D eigenvalue weighted by Crippen LogP contribution is 2.27. The zero-order valence-electron chi connectivity index (χ0n) is 10.8. The molecule has 2 rings (SSSR count). The fourth-order valence-electron chi connectivity index (χ4n) is 2.04. The molecule has 0 unspecified atom stereocenters. The first-order valence-corrected chi connectivity index (χ1v) is 6.92. The van der Waals surface area contributed by atoms with Gasteiger partial charge >= 0.3 is 0 Å². The van der Waals surface area contributed by atoms with Crippen LogP contribution in [0.15, 0.2) is 23.6 Å². The van der Waals surface area contributed by atoms with E-state index >= 15 is 0 Å². The van der Waals surface area contributed by atoms with Gasteiger partial charge in [-0.1, -0.05) is 19.1 Å². The van der Waals surface area contributed by atoms with Crippen LogP contribution in [0.5, 0.6) is 0 Å². The van der Waals surface area contributed by atoms with Crippen molar-refractivity contribution in [3.8, 4) is 0 Å². The molecule has 1 aromatic heterocycles. The van der Waals surface area contributed by atoms with Crippen molar-refractivity contribution >= 4 is 21.4 Å². The van der Waals surface area contributed by atoms with Gasteiger partial charge in [-0.05, 0) is 41.4 Å². The van der Waals surface area contributed by atoms with Crippen molar-refractivity contribution in [2.24, 2.45) is 0 Å². The molecule has 0 spiro atoms. The number of hydrogen-bond donors (Lipinski definition) is 1. The molecule has 0 fully saturated rings. The lowest BCUT2D eigenvalue weighted by Crippen LogP contribution is -3.00. The summed E-state index contributed by atoms with van der Waals surface area (Å²) in [6.45, 7) is 7.15. The number of benzene rings is 1. The van der Waals surface area contributed by atoms with Gasteiger partial charge in [0.1, 0.15) is 0 Å². The SMILES string of the molecule is CCN(CCO)Cc1csc2cc(C)ccc12.[Cl-]. The molecule has 2 aromatic rings. The Morgan fingerprint density at radius 2 is 2.11 bits per heavy atom. The Morgan fingerprint density at radius 1 is 1.33 bits per heavy atom. The number of aryl methyl sites for hydroxylation is 1. The van der Waals surface area contributed by atoms with Crippen molar-refractivity contribution < 1.29 is 17.5 Å². The molecule has 18 heavy (non-hydrogen) atoms. The summed E-state index contributed by atoms with van der Waals surface area (Å²) in [5.74, 6) is 0. The van der Waals surface area contributed by atoms with Crippen LogP contribution in [-0.2, 0) is 6.54 Å². The minimum Gasteiger partial charge on any atom is -1.00 e. The van der Waals surface area contributed by atoms with E-state index in [0.29, 0.717) is 0 Å². The fourth-order valence-corrected chi connectivity index (χ4v) is 3.09. The van der Waals surface area contributed by atoms with Crippen LogP contribution < -0.4 is 12.4 Å². The second-order valence-electron chi connectivity index (χ2n) is 4.35. The maximum atomic E-state index is 9.01. The maximum Gasteiger partial charge on any atom is 0.0558 e. The predicted molar refractivity (Wildman–Crippen MR) is 74.6 cm³/mol. The first-order valence-electron chi connectivity index (χ1n) is 6.04. The number of nitrogens with zero attached hydrogens (tertiary/aromatic N) is 1. The van der Waals surface area contributed by atoms with Gasteiger partial charge in [0.05, 0.1) is 6.61 Å². The quantitative estimate of drug-likeness (QED) is 0.837. The van der Waals surface area contributed by atoms with Gasteiger partial charge in [-0.3, -0.25) is 4.90 Å². The number of fused-ring (bicyclic) bond motifs is 1. The third-order valence-electron chi connectivity index (χ3n) is 3.07. The van der Waals surface area contributed by atoms with Gasteiger partial charge in [0.15, 0.2) is 0 Å². The van der Waals surface area contributed by atoms with E-state index in [0.717, 1.165) is 19.6 Å². The topological polar surface area (TPSA) is 23.5 Å². The van der Waals surface area contributed by atoms with E-state index in [4.69, 9.17) is 5.11 Å². The molecule has 1 heterocycles. The molecule has 0 atom stereocenters. The number of thiophene rings is 1. The van der Waals surface area contributed by atoms with Gasteiger partial charge in [-0.2, -0.15) is 0 Å². The molecule has 0 aliphatic rings. The molecule has 100 valence electrons. The minimum atomic E-state index is 0. The normalized spacial score (nSPS) is 10.9. The molecule has 0 aliphatic carbocycles. The average Bonchev–Trinajstić information content (AvgIpc) is 2.71. The average molecular weight is 285 g/mol. The highest BCUT2D eigenvalue weighted by atomic mass is 35.5. The van der Waals surface area contributed by atoms with Gasteiger partial charge < -0.3 is 17.5 Å². The van der Waals surface area contributed by atoms with Crippen molar-refractivity contribution in [3.05, 3.63) is 34.7 Å². The molecule has 0 bridgehead atoms. The zero-order valence-corrected chi connectivity index (χ0v) is 12.4. The molecule has 0 radical (unpaired) electrons. The lowest BCUT2D eigenvalue weighted by molar-refractivity contribution is -0.00000468. The summed E-state index contributed by atoms with van der Waals surface area (Å²) >= 11 is 1.81. The Labute approximate surface area is 119 Å². The predicted octanol–water partition coefficient (Wildman–Crippen LogP) is 0.0279. The molecule has 1 aromatic carbocycles. The van der Waals surface area contributed by atoms with Gasteiger partial charge in [0.2, 0.25) is 0 Å². The van der Waals surface area contributed by atoms with Crippen molar-refractivity contribution in [3.63, 3.8) is 0 Å². The van der Waals surface area contributed by atoms with Crippen LogP contribution in [0.25, 0.3) is 10.1 Å². The Balaban J connectivity index is 0.00000162. The van der Waals surface area contributed by atoms with Crippen molar-refractivity contribution in [2.75, 3.05) is 19.7 Å². The Bertz CT molecular complexity index is 497. The lowest BCUT2D eigenvalue weighted by Gasteiger charge is -2.18. The number of aliphatic hydroxyl groups is 1. The van der Waals surface area contributed by atoms with E-state index in [-0.39, 0.29) is 19.0 Å². The summed E-state index contributed by atoms with van der Waals surface area (Å²) in [6.07, 6.45) is 0. The molecule has 4 heteroatoms. The largest absolute Gasteiger partial charge is 1.00 e. The maximum absolute atomic E-state index is 9.01. The molecular formula is C14H19ClNOS-. The first-order chi connectivity index (χ1) is 8.24. The summed E-state index contributed by atoms with van der Waals surface area (Å²) in [5.41, 5.74) is 2.69. The van der Waals surface area contributed by atoms with Gasteiger partial charge in [0.25, 0.3) is 0 Å². The van der Waals surface area contributed by atoms with Crippen LogP contribution in [0.2, 0.25) is 0 Å². The van der Waals surface area contributed by atoms with Crippen LogP contribution in [0.1, 0.15) is 18.1 Å². The van der Waals surface area contributed by atoms with Crippen LogP contribution in [0, 0.1) is 6.92 Å². The fraction of sp³-hybridized carbons (Fsp3) is 0.429. The van der Waals surface area contributed by atoms with E-state index in [1.807, 2.05) is 11.3 Å². The van der Waals surface area contributed by atoms with E-state index in [1.165, 1.54) is 21.2 Å². The summed E-state index contributed by atoms with van der Waals surface area (Å²) in [6, 6.07) is 6.62. The molecular weight excluding hydrogens is 266 g/mol. The smallest absolute Gasteiger partial charge is 0.0558 e. The van der Waals surface area contributed by atoms with Crippen molar-refractivity contribution in [1.82, 2.24) is 4.90 Å². The standard InChI is InChI=1S/C14H19NOS.ClH/c1-3-15(6-7-16)9-12-10-17-14-8-11(2)4-5-13(12)14;/h4-5,8,10,16H,3,6-7,9H2,1-2H3;1H/p-1. The van der Waals surface area contributed by atoms with E-state index in [9.17, 15) is 0 Å². The summed E-state index contributed by atoms with van der Waals surface area (Å²) in [4.78, 5) is 2.27. The van der Waals surface area contributed by atoms with E-state index in [2.05, 4.69) is 42.3 Å². The molecule has 0 saturated heterocycles. The minimum absolute atomic E-state index is 0. The first kappa shape index (κ1) is 15.4. The Morgan fingerprint density at radius 3 is 2.78 bits per heavy atom. The number of halogens is 1. The van der Waals surface area contributed by atoms with Crippen LogP contribution >= 0.6 is 11.3 Å². The van der Waals surface area contributed by atoms with Gasteiger partial charge in [0, 0.05) is 17.8 Å². The lowest BCUT2D eigenvalue weighted by atomic mass is 10.1. The monoisotopic (exact) mass is 284 g/mol. The second-order valence-corrected chi connectivity index (χ2v) is 5.26. The number of aliphatic hydroxyl groups excluding tert-OH is 1. The molecule has 0 amide bonds. The van der Waals surface area contributed by atoms with Gasteiger partial charge in [-0.15, -0.1) is 11.3 Å². The van der Waals surface area contributed by atoms with Gasteiger partial charge in [-0.25, -0.2) is 0 Å². The summed E-state index contributed by atoms with van der Waals surface area (Å²) < 4.78 is 1.36. The third-order valence-corrected chi connectivity index (χ3v) is 4.06. The van der Waals surface area contributed by atoms with Crippen molar-refractivity contribution in [1.29, 1.82) is 0 Å². The summed E-state index contributed by atoms with van der Waals surface area (Å²) in [5, 5.41) is 12.6. The number of hydrogen-bond acceptors (Lipinski definition) is 3. The third kappa shape index (κ3) is 3.45. The van der Waals surface area contributed by atoms with E-state index in [1.54, 1.807) is 0 Å². The number of likely N-dealkylation sites (N-methyl/N-ethyl adjacent to an activating group) is 1.